The number of carbonyl (C=O) groups excluding carboxylic acids is 1. The number of nitrogens with zero attached hydrogens (tertiary/aromatic N) is 5. The lowest BCUT2D eigenvalue weighted by Gasteiger charge is -2.33. The van der Waals surface area contributed by atoms with Crippen LogP contribution in [-0.2, 0) is 22.6 Å². The van der Waals surface area contributed by atoms with Gasteiger partial charge >= 0.3 is 0 Å². The van der Waals surface area contributed by atoms with Gasteiger partial charge in [0.1, 0.15) is 18.5 Å². The third-order valence-electron chi connectivity index (χ3n) is 4.20. The van der Waals surface area contributed by atoms with E-state index in [-0.39, 0.29) is 17.8 Å². The molecule has 1 amide bonds. The number of rotatable bonds is 6. The summed E-state index contributed by atoms with van der Waals surface area (Å²) in [5.41, 5.74) is 0.906. The van der Waals surface area contributed by atoms with E-state index in [1.54, 1.807) is 35.1 Å². The zero-order valence-corrected chi connectivity index (χ0v) is 14.2. The molecule has 25 heavy (non-hydrogen) atoms. The van der Waals surface area contributed by atoms with Crippen molar-refractivity contribution in [3.05, 3.63) is 48.3 Å². The first kappa shape index (κ1) is 17.5. The molecule has 1 aliphatic rings. The van der Waals surface area contributed by atoms with Crippen molar-refractivity contribution >= 4 is 5.91 Å². The van der Waals surface area contributed by atoms with Crippen LogP contribution in [0, 0.1) is 5.82 Å². The largest absolute Gasteiger partial charge is 0.374 e. The third kappa shape index (κ3) is 5.07. The van der Waals surface area contributed by atoms with Crippen LogP contribution >= 0.6 is 0 Å². The summed E-state index contributed by atoms with van der Waals surface area (Å²) in [6.45, 7) is 3.42. The third-order valence-corrected chi connectivity index (χ3v) is 4.20. The number of aromatic nitrogens is 3. The van der Waals surface area contributed by atoms with Gasteiger partial charge in [-0.2, -0.15) is 5.10 Å². The first-order valence-electron chi connectivity index (χ1n) is 8.25. The van der Waals surface area contributed by atoms with E-state index >= 15 is 0 Å². The Morgan fingerprint density at radius 3 is 2.92 bits per heavy atom. The Morgan fingerprint density at radius 1 is 1.40 bits per heavy atom. The van der Waals surface area contributed by atoms with Crippen molar-refractivity contribution in [1.82, 2.24) is 24.6 Å². The van der Waals surface area contributed by atoms with Gasteiger partial charge in [0.15, 0.2) is 0 Å². The molecule has 2 heterocycles. The fourth-order valence-corrected chi connectivity index (χ4v) is 2.83. The van der Waals surface area contributed by atoms with E-state index < -0.39 is 0 Å². The second-order valence-corrected chi connectivity index (χ2v) is 6.22. The predicted octanol–water partition coefficient (Wildman–Crippen LogP) is 0.777. The monoisotopic (exact) mass is 347 g/mol. The summed E-state index contributed by atoms with van der Waals surface area (Å²) >= 11 is 0. The molecule has 1 fully saturated rings. The number of ether oxygens (including phenoxy) is 1. The van der Waals surface area contributed by atoms with Crippen molar-refractivity contribution in [1.29, 1.82) is 0 Å². The maximum absolute atomic E-state index is 13.0. The number of benzene rings is 1. The van der Waals surface area contributed by atoms with E-state index in [2.05, 4.69) is 15.0 Å². The molecular formula is C17H22FN5O2. The highest BCUT2D eigenvalue weighted by Crippen LogP contribution is 2.09. The highest BCUT2D eigenvalue weighted by Gasteiger charge is 2.23. The molecule has 1 aromatic heterocycles. The van der Waals surface area contributed by atoms with Crippen LogP contribution in [0.5, 0.6) is 0 Å². The zero-order chi connectivity index (χ0) is 17.6. The molecule has 0 unspecified atom stereocenters. The highest BCUT2D eigenvalue weighted by atomic mass is 19.1. The van der Waals surface area contributed by atoms with Crippen LogP contribution in [0.25, 0.3) is 0 Å². The molecule has 1 aromatic carbocycles. The lowest BCUT2D eigenvalue weighted by atomic mass is 10.2. The summed E-state index contributed by atoms with van der Waals surface area (Å²) in [7, 11) is 1.76. The van der Waals surface area contributed by atoms with Crippen molar-refractivity contribution in [3.63, 3.8) is 0 Å². The van der Waals surface area contributed by atoms with Gasteiger partial charge < -0.3 is 9.64 Å². The zero-order valence-electron chi connectivity index (χ0n) is 14.2. The summed E-state index contributed by atoms with van der Waals surface area (Å²) in [4.78, 5) is 20.1. The second-order valence-electron chi connectivity index (χ2n) is 6.22. The highest BCUT2D eigenvalue weighted by molar-refractivity contribution is 5.78. The number of morpholine rings is 1. The van der Waals surface area contributed by atoms with Gasteiger partial charge in [-0.15, -0.1) is 0 Å². The molecule has 0 radical (unpaired) electrons. The lowest BCUT2D eigenvalue weighted by Crippen LogP contribution is -2.48. The summed E-state index contributed by atoms with van der Waals surface area (Å²) < 4.78 is 20.4. The number of hydrogen-bond donors (Lipinski definition) is 0. The Morgan fingerprint density at radius 2 is 2.20 bits per heavy atom. The Kier molecular flexibility index (Phi) is 5.72. The molecule has 0 saturated carbocycles. The smallest absolute Gasteiger partial charge is 0.236 e. The molecule has 0 aliphatic carbocycles. The molecular weight excluding hydrogens is 325 g/mol. The van der Waals surface area contributed by atoms with Crippen LogP contribution in [0.15, 0.2) is 36.9 Å². The van der Waals surface area contributed by atoms with Gasteiger partial charge in [-0.05, 0) is 17.7 Å². The minimum absolute atomic E-state index is 0.00865. The van der Waals surface area contributed by atoms with Gasteiger partial charge in [-0.1, -0.05) is 12.1 Å². The van der Waals surface area contributed by atoms with Gasteiger partial charge in [0.2, 0.25) is 5.91 Å². The number of halogens is 1. The van der Waals surface area contributed by atoms with Crippen molar-refractivity contribution in [2.75, 3.05) is 33.3 Å². The summed E-state index contributed by atoms with van der Waals surface area (Å²) in [5, 5.41) is 4.08. The van der Waals surface area contributed by atoms with E-state index in [0.29, 0.717) is 32.8 Å². The van der Waals surface area contributed by atoms with Crippen molar-refractivity contribution in [3.8, 4) is 0 Å². The van der Waals surface area contributed by atoms with E-state index in [4.69, 9.17) is 4.74 Å². The molecule has 134 valence electrons. The Hall–Kier alpha value is -2.32. The minimum Gasteiger partial charge on any atom is -0.374 e. The van der Waals surface area contributed by atoms with Crippen molar-refractivity contribution in [2.45, 2.75) is 19.2 Å². The van der Waals surface area contributed by atoms with Crippen LogP contribution in [0.1, 0.15) is 5.56 Å². The summed E-state index contributed by atoms with van der Waals surface area (Å²) in [5.74, 6) is -0.241. The number of amides is 1. The first-order valence-corrected chi connectivity index (χ1v) is 8.25. The summed E-state index contributed by atoms with van der Waals surface area (Å²) in [6.07, 6.45) is 3.14. The van der Waals surface area contributed by atoms with Gasteiger partial charge in [-0.3, -0.25) is 14.4 Å². The topological polar surface area (TPSA) is 63.5 Å². The fraction of sp³-hybridized carbons (Fsp3) is 0.471. The van der Waals surface area contributed by atoms with Crippen molar-refractivity contribution < 1.29 is 13.9 Å². The molecule has 1 aliphatic heterocycles. The van der Waals surface area contributed by atoms with E-state index in [1.807, 2.05) is 0 Å². The van der Waals surface area contributed by atoms with Crippen LogP contribution in [0.3, 0.4) is 0 Å². The molecule has 1 saturated heterocycles. The molecule has 1 atom stereocenters. The quantitative estimate of drug-likeness (QED) is 0.773. The van der Waals surface area contributed by atoms with Crippen molar-refractivity contribution in [2.24, 2.45) is 0 Å². The van der Waals surface area contributed by atoms with Crippen LogP contribution in [0.2, 0.25) is 0 Å². The first-order chi connectivity index (χ1) is 12.1. The standard InChI is InChI=1S/C17H22FN5O2/c1-21(8-14-2-4-15(18)5-3-14)17(24)11-22-6-7-25-16(9-22)10-23-13-19-12-20-23/h2-5,12-13,16H,6-11H2,1H3/t16-/m1/s1. The molecule has 8 heteroatoms. The van der Waals surface area contributed by atoms with E-state index in [1.165, 1.54) is 18.5 Å². The normalized spacial score (nSPS) is 18.2. The predicted molar refractivity (Wildman–Crippen MR) is 89.1 cm³/mol. The van der Waals surface area contributed by atoms with Gasteiger partial charge in [0, 0.05) is 26.7 Å². The van der Waals surface area contributed by atoms with Gasteiger partial charge in [0.05, 0.1) is 25.8 Å². The molecule has 3 rings (SSSR count). The Balaban J connectivity index is 1.48. The average molecular weight is 347 g/mol. The van der Waals surface area contributed by atoms with Crippen LogP contribution in [-0.4, -0.2) is 69.9 Å². The lowest BCUT2D eigenvalue weighted by molar-refractivity contribution is -0.133. The molecule has 2 aromatic rings. The van der Waals surface area contributed by atoms with E-state index in [9.17, 15) is 9.18 Å². The fourth-order valence-electron chi connectivity index (χ4n) is 2.83. The molecule has 0 bridgehead atoms. The minimum atomic E-state index is -0.274. The number of carbonyl (C=O) groups is 1. The molecule has 7 nitrogen and oxygen atoms in total. The second kappa shape index (κ2) is 8.17. The Bertz CT molecular complexity index is 677. The SMILES string of the molecule is CN(Cc1ccc(F)cc1)C(=O)CN1CCO[C@@H](Cn2cncn2)C1. The van der Waals surface area contributed by atoms with Gasteiger partial charge in [-0.25, -0.2) is 9.37 Å². The van der Waals surface area contributed by atoms with Crippen LogP contribution in [0.4, 0.5) is 4.39 Å². The molecule has 0 spiro atoms. The number of hydrogen-bond acceptors (Lipinski definition) is 5. The van der Waals surface area contributed by atoms with Gasteiger partial charge in [0.25, 0.3) is 0 Å². The van der Waals surface area contributed by atoms with E-state index in [0.717, 1.165) is 12.1 Å². The summed E-state index contributed by atoms with van der Waals surface area (Å²) in [6, 6.07) is 6.21. The Labute approximate surface area is 146 Å². The van der Waals surface area contributed by atoms with Crippen LogP contribution < -0.4 is 0 Å². The average Bonchev–Trinajstić information content (AvgIpc) is 3.10. The maximum Gasteiger partial charge on any atom is 0.236 e. The maximum atomic E-state index is 13.0. The number of likely N-dealkylation sites (N-methyl/N-ethyl adjacent to an activating group) is 1. The molecule has 0 N–H and O–H groups in total.